The van der Waals surface area contributed by atoms with Gasteiger partial charge in [0, 0.05) is 35.2 Å². The summed E-state index contributed by atoms with van der Waals surface area (Å²) < 4.78 is 13.1. The highest BCUT2D eigenvalue weighted by atomic mass is 32.2. The summed E-state index contributed by atoms with van der Waals surface area (Å²) in [6.07, 6.45) is 2.85. The molecule has 1 fully saturated rings. The Morgan fingerprint density at radius 2 is 2.33 bits per heavy atom. The number of halogens is 1. The standard InChI is InChI=1S/C12H12FN3S2/c13-9-3-8(4-14-5-9)10-7-18-12(16-10)11-6-17-2-1-15-11/h3-5,7,11,15H,1-2,6H2. The van der Waals surface area contributed by atoms with Crippen molar-refractivity contribution >= 4 is 23.1 Å². The summed E-state index contributed by atoms with van der Waals surface area (Å²) in [6.45, 7) is 1.02. The molecule has 1 aliphatic rings. The Hall–Kier alpha value is -0.980. The molecule has 0 amide bonds. The predicted octanol–water partition coefficient (Wildman–Crippen LogP) is 2.72. The number of nitrogens with one attached hydrogen (secondary N) is 1. The molecule has 1 unspecified atom stereocenters. The second kappa shape index (κ2) is 5.34. The third-order valence-electron chi connectivity index (χ3n) is 2.74. The Labute approximate surface area is 113 Å². The highest BCUT2D eigenvalue weighted by Crippen LogP contribution is 2.28. The SMILES string of the molecule is Fc1cncc(-c2csc(C3CSCCN3)n2)c1. The molecule has 0 saturated carbocycles. The Morgan fingerprint density at radius 3 is 3.11 bits per heavy atom. The molecule has 3 rings (SSSR count). The predicted molar refractivity (Wildman–Crippen MR) is 73.4 cm³/mol. The zero-order valence-corrected chi connectivity index (χ0v) is 11.2. The van der Waals surface area contributed by atoms with Crippen molar-refractivity contribution in [2.24, 2.45) is 0 Å². The van der Waals surface area contributed by atoms with Gasteiger partial charge in [-0.05, 0) is 6.07 Å². The molecule has 18 heavy (non-hydrogen) atoms. The van der Waals surface area contributed by atoms with Crippen molar-refractivity contribution in [2.45, 2.75) is 6.04 Å². The Balaban J connectivity index is 1.84. The van der Waals surface area contributed by atoms with Crippen LogP contribution in [0.3, 0.4) is 0 Å². The van der Waals surface area contributed by atoms with Gasteiger partial charge >= 0.3 is 0 Å². The van der Waals surface area contributed by atoms with Gasteiger partial charge < -0.3 is 5.32 Å². The molecule has 1 atom stereocenters. The molecular formula is C12H12FN3S2. The van der Waals surface area contributed by atoms with E-state index in [1.54, 1.807) is 17.5 Å². The molecule has 6 heteroatoms. The molecule has 1 aliphatic heterocycles. The van der Waals surface area contributed by atoms with Gasteiger partial charge in [-0.1, -0.05) is 0 Å². The summed E-state index contributed by atoms with van der Waals surface area (Å²) in [6, 6.07) is 1.79. The highest BCUT2D eigenvalue weighted by Gasteiger charge is 2.18. The summed E-state index contributed by atoms with van der Waals surface area (Å²) in [7, 11) is 0. The first-order valence-corrected chi connectivity index (χ1v) is 7.74. The lowest BCUT2D eigenvalue weighted by molar-refractivity contribution is 0.592. The monoisotopic (exact) mass is 281 g/mol. The lowest BCUT2D eigenvalue weighted by atomic mass is 10.2. The van der Waals surface area contributed by atoms with Gasteiger partial charge in [-0.2, -0.15) is 11.8 Å². The smallest absolute Gasteiger partial charge is 0.142 e. The van der Waals surface area contributed by atoms with Crippen molar-refractivity contribution in [1.82, 2.24) is 15.3 Å². The number of nitrogens with zero attached hydrogens (tertiary/aromatic N) is 2. The normalized spacial score (nSPS) is 19.9. The number of hydrogen-bond acceptors (Lipinski definition) is 5. The van der Waals surface area contributed by atoms with Gasteiger partial charge in [0.15, 0.2) is 0 Å². The van der Waals surface area contributed by atoms with E-state index < -0.39 is 0 Å². The van der Waals surface area contributed by atoms with Crippen LogP contribution in [-0.4, -0.2) is 28.0 Å². The first-order chi connectivity index (χ1) is 8.83. The fourth-order valence-electron chi connectivity index (χ4n) is 1.86. The number of thiazole rings is 1. The van der Waals surface area contributed by atoms with Gasteiger partial charge in [0.25, 0.3) is 0 Å². The number of aromatic nitrogens is 2. The summed E-state index contributed by atoms with van der Waals surface area (Å²) in [5, 5.41) is 6.48. The number of thioether (sulfide) groups is 1. The minimum absolute atomic E-state index is 0.323. The Bertz CT molecular complexity index is 538. The van der Waals surface area contributed by atoms with Gasteiger partial charge in [0.1, 0.15) is 10.8 Å². The van der Waals surface area contributed by atoms with E-state index in [2.05, 4.69) is 15.3 Å². The average Bonchev–Trinajstić information content (AvgIpc) is 2.89. The molecule has 0 aromatic carbocycles. The van der Waals surface area contributed by atoms with Gasteiger partial charge in [0.05, 0.1) is 17.9 Å². The lowest BCUT2D eigenvalue weighted by Gasteiger charge is -2.20. The van der Waals surface area contributed by atoms with Crippen molar-refractivity contribution in [3.05, 3.63) is 34.7 Å². The van der Waals surface area contributed by atoms with Crippen molar-refractivity contribution in [2.75, 3.05) is 18.1 Å². The van der Waals surface area contributed by atoms with Crippen molar-refractivity contribution < 1.29 is 4.39 Å². The summed E-state index contributed by atoms with van der Waals surface area (Å²) >= 11 is 3.56. The van der Waals surface area contributed by atoms with Crippen LogP contribution in [0.1, 0.15) is 11.0 Å². The molecule has 1 N–H and O–H groups in total. The number of hydrogen-bond donors (Lipinski definition) is 1. The number of pyridine rings is 1. The van der Waals surface area contributed by atoms with Crippen LogP contribution in [0, 0.1) is 5.82 Å². The van der Waals surface area contributed by atoms with Crippen molar-refractivity contribution in [1.29, 1.82) is 0 Å². The van der Waals surface area contributed by atoms with Crippen LogP contribution in [0.5, 0.6) is 0 Å². The molecule has 0 radical (unpaired) electrons. The Morgan fingerprint density at radius 1 is 1.39 bits per heavy atom. The molecule has 94 valence electrons. The zero-order valence-electron chi connectivity index (χ0n) is 9.60. The number of rotatable bonds is 2. The fourth-order valence-corrected chi connectivity index (χ4v) is 3.81. The Kier molecular flexibility index (Phi) is 3.58. The first kappa shape index (κ1) is 12.1. The zero-order chi connectivity index (χ0) is 12.4. The van der Waals surface area contributed by atoms with E-state index in [-0.39, 0.29) is 5.82 Å². The molecule has 1 saturated heterocycles. The van der Waals surface area contributed by atoms with E-state index in [9.17, 15) is 4.39 Å². The van der Waals surface area contributed by atoms with E-state index in [0.717, 1.165) is 34.3 Å². The summed E-state index contributed by atoms with van der Waals surface area (Å²) in [4.78, 5) is 8.43. The van der Waals surface area contributed by atoms with E-state index in [0.29, 0.717) is 6.04 Å². The maximum absolute atomic E-state index is 13.1. The second-order valence-corrected chi connectivity index (χ2v) is 6.08. The topological polar surface area (TPSA) is 37.8 Å². The molecule has 0 spiro atoms. The van der Waals surface area contributed by atoms with E-state index in [1.807, 2.05) is 17.1 Å². The molecule has 2 aromatic heterocycles. The van der Waals surface area contributed by atoms with Gasteiger partial charge in [-0.3, -0.25) is 4.98 Å². The largest absolute Gasteiger partial charge is 0.306 e. The molecule has 2 aromatic rings. The summed E-state index contributed by atoms with van der Waals surface area (Å²) in [5.74, 6) is 1.88. The van der Waals surface area contributed by atoms with Crippen LogP contribution in [-0.2, 0) is 0 Å². The van der Waals surface area contributed by atoms with E-state index in [1.165, 1.54) is 12.3 Å². The highest BCUT2D eigenvalue weighted by molar-refractivity contribution is 7.99. The van der Waals surface area contributed by atoms with Gasteiger partial charge in [-0.15, -0.1) is 11.3 Å². The van der Waals surface area contributed by atoms with Crippen LogP contribution in [0.2, 0.25) is 0 Å². The van der Waals surface area contributed by atoms with Gasteiger partial charge in [-0.25, -0.2) is 9.37 Å². The lowest BCUT2D eigenvalue weighted by Crippen LogP contribution is -2.30. The summed E-state index contributed by atoms with van der Waals surface area (Å²) in [5.41, 5.74) is 1.54. The van der Waals surface area contributed by atoms with Crippen molar-refractivity contribution in [3.63, 3.8) is 0 Å². The molecule has 0 bridgehead atoms. The van der Waals surface area contributed by atoms with Crippen LogP contribution in [0.15, 0.2) is 23.8 Å². The molecular weight excluding hydrogens is 269 g/mol. The van der Waals surface area contributed by atoms with Crippen LogP contribution < -0.4 is 5.32 Å². The van der Waals surface area contributed by atoms with Gasteiger partial charge in [0.2, 0.25) is 0 Å². The van der Waals surface area contributed by atoms with Crippen molar-refractivity contribution in [3.8, 4) is 11.3 Å². The minimum atomic E-state index is -0.326. The maximum atomic E-state index is 13.1. The minimum Gasteiger partial charge on any atom is -0.306 e. The van der Waals surface area contributed by atoms with E-state index in [4.69, 9.17) is 0 Å². The first-order valence-electron chi connectivity index (χ1n) is 5.70. The average molecular weight is 281 g/mol. The second-order valence-electron chi connectivity index (χ2n) is 4.04. The quantitative estimate of drug-likeness (QED) is 0.918. The fraction of sp³-hybridized carbons (Fsp3) is 0.333. The molecule has 3 heterocycles. The molecule has 0 aliphatic carbocycles. The third-order valence-corrected chi connectivity index (χ3v) is 4.76. The van der Waals surface area contributed by atoms with E-state index >= 15 is 0 Å². The van der Waals surface area contributed by atoms with Crippen LogP contribution in [0.4, 0.5) is 4.39 Å². The maximum Gasteiger partial charge on any atom is 0.142 e. The van der Waals surface area contributed by atoms with Crippen LogP contribution >= 0.6 is 23.1 Å². The third kappa shape index (κ3) is 2.55. The van der Waals surface area contributed by atoms with Crippen LogP contribution in [0.25, 0.3) is 11.3 Å². The molecule has 3 nitrogen and oxygen atoms in total.